The van der Waals surface area contributed by atoms with Crippen LogP contribution >= 0.6 is 0 Å². The molecular formula is C12H23N3O2. The van der Waals surface area contributed by atoms with Crippen molar-refractivity contribution in [3.8, 4) is 0 Å². The first kappa shape index (κ1) is 14.0. The summed E-state index contributed by atoms with van der Waals surface area (Å²) in [4.78, 5) is 26.6. The van der Waals surface area contributed by atoms with Gasteiger partial charge in [-0.15, -0.1) is 0 Å². The zero-order chi connectivity index (χ0) is 13.0. The topological polar surface area (TPSA) is 66.6 Å². The maximum absolute atomic E-state index is 11.5. The number of likely N-dealkylation sites (tertiary alicyclic amines) is 1. The average molecular weight is 241 g/mol. The van der Waals surface area contributed by atoms with Crippen LogP contribution in [-0.2, 0) is 9.59 Å². The van der Waals surface area contributed by atoms with Gasteiger partial charge in [0.05, 0.1) is 6.54 Å². The van der Waals surface area contributed by atoms with Crippen LogP contribution in [0.15, 0.2) is 0 Å². The highest BCUT2D eigenvalue weighted by Crippen LogP contribution is 2.18. The Morgan fingerprint density at radius 1 is 1.47 bits per heavy atom. The lowest BCUT2D eigenvalue weighted by Crippen LogP contribution is -2.40. The summed E-state index contributed by atoms with van der Waals surface area (Å²) < 4.78 is 0. The summed E-state index contributed by atoms with van der Waals surface area (Å²) >= 11 is 0. The van der Waals surface area contributed by atoms with E-state index in [-0.39, 0.29) is 24.4 Å². The molecule has 1 saturated heterocycles. The molecule has 1 fully saturated rings. The number of carbonyl (C=O) groups is 2. The minimum atomic E-state index is 0.00595. The van der Waals surface area contributed by atoms with Gasteiger partial charge in [-0.2, -0.15) is 0 Å². The van der Waals surface area contributed by atoms with Gasteiger partial charge in [0.1, 0.15) is 0 Å². The molecular weight excluding hydrogens is 218 g/mol. The van der Waals surface area contributed by atoms with Crippen LogP contribution < -0.4 is 5.73 Å². The van der Waals surface area contributed by atoms with Crippen LogP contribution in [0.4, 0.5) is 0 Å². The second-order valence-corrected chi connectivity index (χ2v) is 4.96. The van der Waals surface area contributed by atoms with Gasteiger partial charge in [-0.05, 0) is 26.2 Å². The molecule has 17 heavy (non-hydrogen) atoms. The molecule has 0 aromatic carbocycles. The fourth-order valence-electron chi connectivity index (χ4n) is 2.32. The summed E-state index contributed by atoms with van der Waals surface area (Å²) in [7, 11) is 0. The van der Waals surface area contributed by atoms with Crippen LogP contribution in [0.1, 0.15) is 27.2 Å². The van der Waals surface area contributed by atoms with Crippen molar-refractivity contribution in [3.05, 3.63) is 0 Å². The van der Waals surface area contributed by atoms with Crippen LogP contribution in [0.25, 0.3) is 0 Å². The molecule has 1 heterocycles. The molecule has 1 aliphatic rings. The minimum Gasteiger partial charge on any atom is -0.341 e. The largest absolute Gasteiger partial charge is 0.341 e. The van der Waals surface area contributed by atoms with Gasteiger partial charge in [0.2, 0.25) is 11.8 Å². The average Bonchev–Trinajstić information content (AvgIpc) is 2.72. The van der Waals surface area contributed by atoms with E-state index in [0.29, 0.717) is 5.92 Å². The first-order valence-electron chi connectivity index (χ1n) is 6.20. The van der Waals surface area contributed by atoms with E-state index in [0.717, 1.165) is 26.1 Å². The standard InChI is InChI=1S/C12H23N3O2/c1-9(2)15(10(3)16)8-11-4-5-14(7-11)12(17)6-13/h9,11H,4-8,13H2,1-3H3/t11-/m1/s1. The number of carbonyl (C=O) groups excluding carboxylic acids is 2. The van der Waals surface area contributed by atoms with Gasteiger partial charge < -0.3 is 15.5 Å². The van der Waals surface area contributed by atoms with Crippen molar-refractivity contribution >= 4 is 11.8 Å². The van der Waals surface area contributed by atoms with Crippen LogP contribution in [0.5, 0.6) is 0 Å². The number of nitrogens with two attached hydrogens (primary N) is 1. The molecule has 2 amide bonds. The van der Waals surface area contributed by atoms with E-state index in [1.807, 2.05) is 18.7 Å². The smallest absolute Gasteiger partial charge is 0.236 e. The first-order valence-corrected chi connectivity index (χ1v) is 6.20. The van der Waals surface area contributed by atoms with E-state index in [9.17, 15) is 9.59 Å². The molecule has 2 N–H and O–H groups in total. The van der Waals surface area contributed by atoms with Gasteiger partial charge in [0, 0.05) is 32.6 Å². The molecule has 1 rings (SSSR count). The quantitative estimate of drug-likeness (QED) is 0.756. The number of rotatable bonds is 4. The second-order valence-electron chi connectivity index (χ2n) is 4.96. The van der Waals surface area contributed by atoms with Crippen molar-refractivity contribution in [3.63, 3.8) is 0 Å². The van der Waals surface area contributed by atoms with Crippen LogP contribution in [-0.4, -0.2) is 53.8 Å². The van der Waals surface area contributed by atoms with E-state index < -0.39 is 0 Å². The van der Waals surface area contributed by atoms with Gasteiger partial charge >= 0.3 is 0 Å². The second kappa shape index (κ2) is 6.00. The molecule has 1 atom stereocenters. The molecule has 98 valence electrons. The number of hydrogen-bond donors (Lipinski definition) is 1. The number of hydrogen-bond acceptors (Lipinski definition) is 3. The summed E-state index contributed by atoms with van der Waals surface area (Å²) in [5.41, 5.74) is 5.34. The van der Waals surface area contributed by atoms with E-state index in [1.54, 1.807) is 11.8 Å². The van der Waals surface area contributed by atoms with Crippen molar-refractivity contribution < 1.29 is 9.59 Å². The van der Waals surface area contributed by atoms with Crippen molar-refractivity contribution in [2.45, 2.75) is 33.2 Å². The third-order valence-electron chi connectivity index (χ3n) is 3.30. The molecule has 0 unspecified atom stereocenters. The van der Waals surface area contributed by atoms with Gasteiger partial charge in [-0.3, -0.25) is 9.59 Å². The molecule has 0 saturated carbocycles. The Morgan fingerprint density at radius 2 is 2.12 bits per heavy atom. The van der Waals surface area contributed by atoms with E-state index in [2.05, 4.69) is 0 Å². The lowest BCUT2D eigenvalue weighted by atomic mass is 10.1. The van der Waals surface area contributed by atoms with Gasteiger partial charge in [0.25, 0.3) is 0 Å². The lowest BCUT2D eigenvalue weighted by Gasteiger charge is -2.28. The number of nitrogens with zero attached hydrogens (tertiary/aromatic N) is 2. The van der Waals surface area contributed by atoms with Gasteiger partial charge in [-0.25, -0.2) is 0 Å². The maximum atomic E-state index is 11.5. The highest BCUT2D eigenvalue weighted by molar-refractivity contribution is 5.78. The third kappa shape index (κ3) is 3.70. The summed E-state index contributed by atoms with van der Waals surface area (Å²) in [6, 6.07) is 0.215. The van der Waals surface area contributed by atoms with E-state index in [4.69, 9.17) is 5.73 Å². The Labute approximate surface area is 103 Å². The molecule has 1 aliphatic heterocycles. The van der Waals surface area contributed by atoms with Crippen molar-refractivity contribution in [2.24, 2.45) is 11.7 Å². The Balaban J connectivity index is 2.49. The number of amides is 2. The zero-order valence-electron chi connectivity index (χ0n) is 11.0. The Kier molecular flexibility index (Phi) is 4.93. The molecule has 0 radical (unpaired) electrons. The summed E-state index contributed by atoms with van der Waals surface area (Å²) in [5, 5.41) is 0. The molecule has 0 aliphatic carbocycles. The molecule has 0 aromatic heterocycles. The fourth-order valence-corrected chi connectivity index (χ4v) is 2.32. The monoisotopic (exact) mass is 241 g/mol. The molecule has 0 bridgehead atoms. The Hall–Kier alpha value is -1.10. The third-order valence-corrected chi connectivity index (χ3v) is 3.30. The molecule has 5 nitrogen and oxygen atoms in total. The predicted octanol–water partition coefficient (Wildman–Crippen LogP) is 0.0505. The summed E-state index contributed by atoms with van der Waals surface area (Å²) in [5.74, 6) is 0.492. The fraction of sp³-hybridized carbons (Fsp3) is 0.833. The lowest BCUT2D eigenvalue weighted by molar-refractivity contribution is -0.131. The Bertz CT molecular complexity index is 291. The SMILES string of the molecule is CC(=O)N(C[C@@H]1CCN(C(=O)CN)C1)C(C)C. The zero-order valence-corrected chi connectivity index (χ0v) is 11.0. The van der Waals surface area contributed by atoms with Crippen molar-refractivity contribution in [1.82, 2.24) is 9.80 Å². The van der Waals surface area contributed by atoms with Crippen LogP contribution in [0, 0.1) is 5.92 Å². The maximum Gasteiger partial charge on any atom is 0.236 e. The predicted molar refractivity (Wildman–Crippen MR) is 66.3 cm³/mol. The highest BCUT2D eigenvalue weighted by Gasteiger charge is 2.28. The van der Waals surface area contributed by atoms with Crippen molar-refractivity contribution in [1.29, 1.82) is 0 Å². The normalized spacial score (nSPS) is 19.8. The molecule has 0 aromatic rings. The molecule has 0 spiro atoms. The van der Waals surface area contributed by atoms with Gasteiger partial charge in [0.15, 0.2) is 0 Å². The summed E-state index contributed by atoms with van der Waals surface area (Å²) in [6.45, 7) is 7.93. The van der Waals surface area contributed by atoms with Crippen LogP contribution in [0.2, 0.25) is 0 Å². The Morgan fingerprint density at radius 3 is 2.59 bits per heavy atom. The summed E-state index contributed by atoms with van der Waals surface area (Å²) in [6.07, 6.45) is 0.961. The highest BCUT2D eigenvalue weighted by atomic mass is 16.2. The van der Waals surface area contributed by atoms with E-state index >= 15 is 0 Å². The first-order chi connectivity index (χ1) is 7.95. The van der Waals surface area contributed by atoms with Crippen LogP contribution in [0.3, 0.4) is 0 Å². The molecule has 5 heteroatoms. The minimum absolute atomic E-state index is 0.00595. The van der Waals surface area contributed by atoms with Crippen molar-refractivity contribution in [2.75, 3.05) is 26.2 Å². The van der Waals surface area contributed by atoms with E-state index in [1.165, 1.54) is 0 Å². The van der Waals surface area contributed by atoms with Gasteiger partial charge in [-0.1, -0.05) is 0 Å².